The number of amides is 1. The summed E-state index contributed by atoms with van der Waals surface area (Å²) < 4.78 is 14.0. The molecule has 0 fully saturated rings. The highest BCUT2D eigenvalue weighted by molar-refractivity contribution is 8.00. The lowest BCUT2D eigenvalue weighted by molar-refractivity contribution is -0.116. The number of nitrogens with zero attached hydrogens (tertiary/aromatic N) is 1. The van der Waals surface area contributed by atoms with E-state index in [1.165, 1.54) is 18.2 Å². The highest BCUT2D eigenvalue weighted by atomic mass is 32.2. The van der Waals surface area contributed by atoms with Crippen molar-refractivity contribution in [3.63, 3.8) is 0 Å². The van der Waals surface area contributed by atoms with Gasteiger partial charge < -0.3 is 11.1 Å². The molecule has 1 amide bonds. The van der Waals surface area contributed by atoms with E-state index in [2.05, 4.69) is 10.3 Å². The third-order valence-electron chi connectivity index (χ3n) is 2.46. The summed E-state index contributed by atoms with van der Waals surface area (Å²) in [4.78, 5) is 15.9. The Hall–Kier alpha value is -1.60. The zero-order valence-corrected chi connectivity index (χ0v) is 12.3. The molecule has 0 unspecified atom stereocenters. The average Bonchev–Trinajstić information content (AvgIpc) is 2.92. The van der Waals surface area contributed by atoms with Gasteiger partial charge in [0.2, 0.25) is 5.91 Å². The molecule has 0 atom stereocenters. The van der Waals surface area contributed by atoms with E-state index in [1.54, 1.807) is 29.3 Å². The smallest absolute Gasteiger partial charge is 0.224 e. The topological polar surface area (TPSA) is 68.0 Å². The van der Waals surface area contributed by atoms with Gasteiger partial charge in [-0.3, -0.25) is 4.79 Å². The fourth-order valence-electron chi connectivity index (χ4n) is 1.52. The molecule has 0 aliphatic heterocycles. The Balaban J connectivity index is 1.71. The van der Waals surface area contributed by atoms with Gasteiger partial charge in [0.1, 0.15) is 10.2 Å². The number of nitrogens with one attached hydrogen (secondary N) is 1. The molecule has 106 valence electrons. The molecule has 0 saturated carbocycles. The van der Waals surface area contributed by atoms with Crippen molar-refractivity contribution >= 4 is 40.4 Å². The van der Waals surface area contributed by atoms with Gasteiger partial charge in [0.15, 0.2) is 0 Å². The summed E-state index contributed by atoms with van der Waals surface area (Å²) in [7, 11) is 0. The van der Waals surface area contributed by atoms with Gasteiger partial charge in [0.05, 0.1) is 5.69 Å². The second kappa shape index (κ2) is 7.25. The zero-order valence-electron chi connectivity index (χ0n) is 10.6. The first-order valence-electron chi connectivity index (χ1n) is 6.02. The molecule has 0 spiro atoms. The number of aromatic nitrogens is 1. The molecule has 0 aliphatic rings. The summed E-state index contributed by atoms with van der Waals surface area (Å²) in [6.07, 6.45) is 2.93. The van der Waals surface area contributed by atoms with Gasteiger partial charge in [-0.15, -0.1) is 11.3 Å². The normalized spacial score (nSPS) is 10.4. The summed E-state index contributed by atoms with van der Waals surface area (Å²) >= 11 is 3.23. The maximum atomic E-state index is 13.0. The Morgan fingerprint density at radius 3 is 3.05 bits per heavy atom. The number of anilines is 2. The number of nitrogens with two attached hydrogens (primary N) is 1. The van der Waals surface area contributed by atoms with Crippen LogP contribution in [0.3, 0.4) is 0 Å². The van der Waals surface area contributed by atoms with Crippen molar-refractivity contribution < 1.29 is 9.18 Å². The van der Waals surface area contributed by atoms with E-state index in [0.717, 1.165) is 16.5 Å². The monoisotopic (exact) mass is 311 g/mol. The SMILES string of the molecule is Nc1cc(NC(=O)CCCSc2nccs2)ccc1F. The summed E-state index contributed by atoms with van der Waals surface area (Å²) in [6.45, 7) is 0. The number of thiazole rings is 1. The van der Waals surface area contributed by atoms with Crippen LogP contribution >= 0.6 is 23.1 Å². The van der Waals surface area contributed by atoms with E-state index >= 15 is 0 Å². The molecular weight excluding hydrogens is 297 g/mol. The predicted octanol–water partition coefficient (Wildman–Crippen LogP) is 3.38. The van der Waals surface area contributed by atoms with Crippen molar-refractivity contribution in [2.45, 2.75) is 17.2 Å². The molecule has 1 aromatic heterocycles. The molecule has 2 aromatic rings. The maximum Gasteiger partial charge on any atom is 0.224 e. The minimum absolute atomic E-state index is 0.0297. The van der Waals surface area contributed by atoms with Crippen LogP contribution in [0.15, 0.2) is 34.1 Å². The molecule has 2 rings (SSSR count). The van der Waals surface area contributed by atoms with E-state index < -0.39 is 5.82 Å². The number of benzene rings is 1. The molecule has 0 bridgehead atoms. The van der Waals surface area contributed by atoms with E-state index in [9.17, 15) is 9.18 Å². The second-order valence-corrected chi connectivity index (χ2v) is 6.27. The molecule has 7 heteroatoms. The van der Waals surface area contributed by atoms with Gasteiger partial charge in [0.25, 0.3) is 0 Å². The number of carbonyl (C=O) groups excluding carboxylic acids is 1. The van der Waals surface area contributed by atoms with E-state index in [1.807, 2.05) is 5.38 Å². The van der Waals surface area contributed by atoms with Gasteiger partial charge in [-0.05, 0) is 24.6 Å². The third kappa shape index (κ3) is 4.50. The number of halogens is 1. The minimum atomic E-state index is -0.483. The lowest BCUT2D eigenvalue weighted by atomic mass is 10.2. The van der Waals surface area contributed by atoms with Crippen LogP contribution in [0.5, 0.6) is 0 Å². The molecule has 4 nitrogen and oxygen atoms in total. The Bertz CT molecular complexity index is 575. The predicted molar refractivity (Wildman–Crippen MR) is 81.5 cm³/mol. The summed E-state index contributed by atoms with van der Waals surface area (Å²) in [6, 6.07) is 4.15. The van der Waals surface area contributed by atoms with Gasteiger partial charge in [-0.2, -0.15) is 0 Å². The molecule has 1 heterocycles. The Labute approximate surface area is 124 Å². The number of hydrogen-bond donors (Lipinski definition) is 2. The molecule has 0 saturated heterocycles. The van der Waals surface area contributed by atoms with Crippen LogP contribution in [0.4, 0.5) is 15.8 Å². The van der Waals surface area contributed by atoms with Crippen LogP contribution in [0.2, 0.25) is 0 Å². The van der Waals surface area contributed by atoms with Gasteiger partial charge in [-0.1, -0.05) is 11.8 Å². The number of carbonyl (C=O) groups is 1. The first-order valence-corrected chi connectivity index (χ1v) is 7.89. The Morgan fingerprint density at radius 1 is 1.50 bits per heavy atom. The molecule has 1 aromatic carbocycles. The van der Waals surface area contributed by atoms with Crippen LogP contribution in [-0.2, 0) is 4.79 Å². The van der Waals surface area contributed by atoms with Gasteiger partial charge >= 0.3 is 0 Å². The fraction of sp³-hybridized carbons (Fsp3) is 0.231. The highest BCUT2D eigenvalue weighted by Gasteiger charge is 2.05. The van der Waals surface area contributed by atoms with E-state index in [4.69, 9.17) is 5.73 Å². The van der Waals surface area contributed by atoms with Crippen molar-refractivity contribution in [2.24, 2.45) is 0 Å². The summed E-state index contributed by atoms with van der Waals surface area (Å²) in [5.41, 5.74) is 5.98. The maximum absolute atomic E-state index is 13.0. The number of thioether (sulfide) groups is 1. The lowest BCUT2D eigenvalue weighted by Gasteiger charge is -2.06. The van der Waals surface area contributed by atoms with Gasteiger partial charge in [0, 0.05) is 29.4 Å². The van der Waals surface area contributed by atoms with E-state index in [-0.39, 0.29) is 11.6 Å². The number of hydrogen-bond acceptors (Lipinski definition) is 5. The second-order valence-electron chi connectivity index (χ2n) is 4.03. The van der Waals surface area contributed by atoms with Crippen LogP contribution in [0.1, 0.15) is 12.8 Å². The highest BCUT2D eigenvalue weighted by Crippen LogP contribution is 2.21. The van der Waals surface area contributed by atoms with Crippen molar-refractivity contribution in [1.29, 1.82) is 0 Å². The number of rotatable bonds is 6. The minimum Gasteiger partial charge on any atom is -0.396 e. The fourth-order valence-corrected chi connectivity index (χ4v) is 3.17. The summed E-state index contributed by atoms with van der Waals surface area (Å²) in [5, 5.41) is 4.62. The van der Waals surface area contributed by atoms with Crippen molar-refractivity contribution in [3.05, 3.63) is 35.6 Å². The standard InChI is InChI=1S/C13H14FN3OS2/c14-10-4-3-9(8-11(10)15)17-12(18)2-1-6-19-13-16-5-7-20-13/h3-5,7-8H,1-2,6,15H2,(H,17,18). The van der Waals surface area contributed by atoms with Crippen molar-refractivity contribution in [3.8, 4) is 0 Å². The average molecular weight is 311 g/mol. The number of nitrogen functional groups attached to an aromatic ring is 1. The molecule has 3 N–H and O–H groups in total. The Morgan fingerprint density at radius 2 is 2.35 bits per heavy atom. The van der Waals surface area contributed by atoms with Crippen molar-refractivity contribution in [1.82, 2.24) is 4.98 Å². The van der Waals surface area contributed by atoms with Crippen LogP contribution in [0, 0.1) is 5.82 Å². The summed E-state index contributed by atoms with van der Waals surface area (Å²) in [5.74, 6) is 0.255. The van der Waals surface area contributed by atoms with Gasteiger partial charge in [-0.25, -0.2) is 9.37 Å². The first-order chi connectivity index (χ1) is 9.65. The third-order valence-corrected chi connectivity index (χ3v) is 4.52. The zero-order chi connectivity index (χ0) is 14.4. The quantitative estimate of drug-likeness (QED) is 0.487. The first kappa shape index (κ1) is 14.8. The molecule has 0 aliphatic carbocycles. The lowest BCUT2D eigenvalue weighted by Crippen LogP contribution is -2.11. The van der Waals surface area contributed by atoms with Crippen LogP contribution in [-0.4, -0.2) is 16.6 Å². The van der Waals surface area contributed by atoms with Crippen molar-refractivity contribution in [2.75, 3.05) is 16.8 Å². The molecular formula is C13H14FN3OS2. The van der Waals surface area contributed by atoms with E-state index in [0.29, 0.717) is 12.1 Å². The Kier molecular flexibility index (Phi) is 5.37. The van der Waals surface area contributed by atoms with Crippen LogP contribution in [0.25, 0.3) is 0 Å². The molecule has 20 heavy (non-hydrogen) atoms. The molecule has 0 radical (unpaired) electrons. The largest absolute Gasteiger partial charge is 0.396 e. The van der Waals surface area contributed by atoms with Crippen LogP contribution < -0.4 is 11.1 Å².